The molecule has 92 heavy (non-hydrogen) atoms. The van der Waals surface area contributed by atoms with Gasteiger partial charge in [-0.2, -0.15) is 0 Å². The third-order valence-electron chi connectivity index (χ3n) is 17.2. The first-order valence-electron chi connectivity index (χ1n) is 30.6. The molecule has 7 heterocycles. The highest BCUT2D eigenvalue weighted by atomic mass is 35.5. The van der Waals surface area contributed by atoms with E-state index >= 15 is 0 Å². The van der Waals surface area contributed by atoms with Crippen LogP contribution in [0.4, 0.5) is 0 Å². The van der Waals surface area contributed by atoms with Gasteiger partial charge >= 0.3 is 7.12 Å². The lowest BCUT2D eigenvalue weighted by Crippen LogP contribution is -2.41. The summed E-state index contributed by atoms with van der Waals surface area (Å²) in [7, 11) is -0.400. The Kier molecular flexibility index (Phi) is 15.6. The third-order valence-corrected chi connectivity index (χ3v) is 19.8. The van der Waals surface area contributed by atoms with Crippen LogP contribution in [0.2, 0.25) is 5.15 Å². The van der Waals surface area contributed by atoms with E-state index in [4.69, 9.17) is 40.8 Å². The summed E-state index contributed by atoms with van der Waals surface area (Å²) in [4.78, 5) is 29.4. The molecule has 10 aromatic carbocycles. The van der Waals surface area contributed by atoms with Crippen molar-refractivity contribution in [2.24, 2.45) is 0 Å². The molecule has 442 valence electrons. The lowest BCUT2D eigenvalue weighted by Gasteiger charge is -2.32. The van der Waals surface area contributed by atoms with Crippen LogP contribution in [0.15, 0.2) is 279 Å². The summed E-state index contributed by atoms with van der Waals surface area (Å²) in [5.41, 5.74) is 16.8. The molecule has 1 saturated heterocycles. The lowest BCUT2D eigenvalue weighted by atomic mass is 9.76. The molecule has 6 aromatic heterocycles. The maximum atomic E-state index is 6.42. The van der Waals surface area contributed by atoms with Gasteiger partial charge in [0, 0.05) is 70.3 Å². The number of para-hydroxylation sites is 2. The van der Waals surface area contributed by atoms with Crippen molar-refractivity contribution in [3.8, 4) is 78.8 Å². The molecule has 16 aromatic rings. The molecule has 0 spiro atoms. The molecule has 0 radical (unpaired) electrons. The predicted octanol–water partition coefficient (Wildman–Crippen LogP) is 21.1. The smallest absolute Gasteiger partial charge is 0.399 e. The van der Waals surface area contributed by atoms with Gasteiger partial charge in [-0.15, -0.1) is 22.7 Å². The van der Waals surface area contributed by atoms with E-state index < -0.39 is 7.12 Å². The van der Waals surface area contributed by atoms with E-state index in [9.17, 15) is 0 Å². The Balaban J connectivity index is 0.000000120. The van der Waals surface area contributed by atoms with Crippen molar-refractivity contribution in [3.63, 3.8) is 0 Å². The second-order valence-corrected chi connectivity index (χ2v) is 26.2. The summed E-state index contributed by atoms with van der Waals surface area (Å²) in [6.07, 6.45) is 0. The minimum absolute atomic E-state index is 0.370. The standard InChI is InChI=1S/C37H23N3S.C22H15ClN2.C21H20BNO2S/c1-3-11-24(12-4-1)25-19-21-26(22-20-25)31-23-32(40-37(39-31)27-13-5-2-6-14-27)34-28-15-7-9-17-30(28)38-35-29-16-8-10-18-33(29)41-36(34)35;23-21-15-20(24-22(25-21)19-9-5-2-6-10-19)18-13-11-17(12-14-18)16-7-3-1-4-8-16;1-20(2)21(3,4)25-22(24-20)17-13-9-5-7-11-15(13)23-18-14-10-6-8-12-16(14)26-19(17)18/h1-23H;1-15H;5-12H,1-4H3. The van der Waals surface area contributed by atoms with Crippen molar-refractivity contribution in [2.45, 2.75) is 38.9 Å². The maximum absolute atomic E-state index is 6.42. The zero-order valence-electron chi connectivity index (χ0n) is 50.8. The van der Waals surface area contributed by atoms with Crippen LogP contribution in [0.25, 0.3) is 141 Å². The first-order chi connectivity index (χ1) is 45.0. The van der Waals surface area contributed by atoms with Crippen molar-refractivity contribution >= 4 is 109 Å². The minimum atomic E-state index is -0.400. The first kappa shape index (κ1) is 58.3. The highest BCUT2D eigenvalue weighted by Crippen LogP contribution is 2.44. The number of halogens is 1. The highest BCUT2D eigenvalue weighted by Gasteiger charge is 2.53. The number of benzene rings is 10. The van der Waals surface area contributed by atoms with Gasteiger partial charge < -0.3 is 9.31 Å². The zero-order chi connectivity index (χ0) is 62.3. The van der Waals surface area contributed by atoms with E-state index in [2.05, 4.69) is 232 Å². The van der Waals surface area contributed by atoms with E-state index in [1.165, 1.54) is 42.4 Å². The highest BCUT2D eigenvalue weighted by molar-refractivity contribution is 7.27. The van der Waals surface area contributed by atoms with Crippen LogP contribution < -0.4 is 5.46 Å². The number of rotatable bonds is 8. The number of thiophene rings is 2. The lowest BCUT2D eigenvalue weighted by molar-refractivity contribution is 0.00578. The second kappa shape index (κ2) is 24.6. The summed E-state index contributed by atoms with van der Waals surface area (Å²) in [5, 5.41) is 5.00. The Labute approximate surface area is 546 Å². The van der Waals surface area contributed by atoms with Crippen molar-refractivity contribution in [3.05, 3.63) is 284 Å². The van der Waals surface area contributed by atoms with Gasteiger partial charge in [0.15, 0.2) is 11.6 Å². The molecule has 0 aliphatic carbocycles. The molecule has 1 aliphatic heterocycles. The number of hydrogen-bond acceptors (Lipinski definition) is 10. The molecule has 0 amide bonds. The van der Waals surface area contributed by atoms with Crippen LogP contribution in [0.3, 0.4) is 0 Å². The summed E-state index contributed by atoms with van der Waals surface area (Å²) in [5.74, 6) is 1.34. The van der Waals surface area contributed by atoms with Crippen LogP contribution in [-0.4, -0.2) is 48.2 Å². The number of aromatic nitrogens is 6. The Bertz CT molecular complexity index is 5350. The molecule has 12 heteroatoms. The molecule has 0 N–H and O–H groups in total. The third kappa shape index (κ3) is 11.4. The Hall–Kier alpha value is -10.1. The van der Waals surface area contributed by atoms with Crippen molar-refractivity contribution in [1.29, 1.82) is 0 Å². The van der Waals surface area contributed by atoms with E-state index in [0.717, 1.165) is 92.6 Å². The quantitative estimate of drug-likeness (QED) is 0.110. The molecular formula is C80H58BClN6O2S2. The van der Waals surface area contributed by atoms with Crippen LogP contribution in [0, 0.1) is 0 Å². The average Bonchev–Trinajstić information content (AvgIpc) is 1.55. The van der Waals surface area contributed by atoms with Gasteiger partial charge in [-0.1, -0.05) is 254 Å². The number of hydrogen-bond donors (Lipinski definition) is 0. The minimum Gasteiger partial charge on any atom is -0.399 e. The van der Waals surface area contributed by atoms with E-state index in [-0.39, 0.29) is 11.2 Å². The molecule has 1 aliphatic rings. The fourth-order valence-corrected chi connectivity index (χ4v) is 14.4. The molecular weight excluding hydrogens is 1190 g/mol. The summed E-state index contributed by atoms with van der Waals surface area (Å²) >= 11 is 9.77. The zero-order valence-corrected chi connectivity index (χ0v) is 53.2. The summed E-state index contributed by atoms with van der Waals surface area (Å²) < 4.78 is 17.6. The monoisotopic (exact) mass is 1240 g/mol. The summed E-state index contributed by atoms with van der Waals surface area (Å²) in [6, 6.07) is 95.3. The average molecular weight is 1250 g/mol. The van der Waals surface area contributed by atoms with Crippen molar-refractivity contribution < 1.29 is 9.31 Å². The van der Waals surface area contributed by atoms with Crippen LogP contribution in [-0.2, 0) is 9.31 Å². The Morgan fingerprint density at radius 3 is 1.20 bits per heavy atom. The SMILES string of the molecule is CC1(C)OB(c2c3ccccc3nc3c2sc2ccccc23)OC1(C)C.Clc1cc(-c2ccc(-c3ccccc3)cc2)nc(-c2ccccc2)n1.c1ccc(-c2ccc(-c3cc(-c4c5ccccc5nc5c4sc4ccccc45)nc(-c4ccccc4)n3)cc2)cc1. The van der Waals surface area contributed by atoms with Crippen LogP contribution >= 0.6 is 34.3 Å². The molecule has 0 bridgehead atoms. The van der Waals surface area contributed by atoms with E-state index in [0.29, 0.717) is 16.8 Å². The van der Waals surface area contributed by atoms with Gasteiger partial charge in [-0.05, 0) is 80.3 Å². The van der Waals surface area contributed by atoms with Crippen LogP contribution in [0.5, 0.6) is 0 Å². The topological polar surface area (TPSA) is 95.8 Å². The Morgan fingerprint density at radius 1 is 0.326 bits per heavy atom. The molecule has 0 unspecified atom stereocenters. The maximum Gasteiger partial charge on any atom is 0.497 e. The van der Waals surface area contributed by atoms with Gasteiger partial charge in [0.1, 0.15) is 5.15 Å². The second-order valence-electron chi connectivity index (χ2n) is 23.7. The Morgan fingerprint density at radius 2 is 0.685 bits per heavy atom. The molecule has 0 atom stereocenters. The molecule has 17 rings (SSSR count). The number of pyridine rings is 2. The molecule has 0 saturated carbocycles. The fraction of sp³-hybridized carbons (Fsp3) is 0.0750. The van der Waals surface area contributed by atoms with E-state index in [1.807, 2.05) is 78.9 Å². The first-order valence-corrected chi connectivity index (χ1v) is 32.6. The largest absolute Gasteiger partial charge is 0.497 e. The normalized spacial score (nSPS) is 13.3. The molecule has 1 fully saturated rings. The van der Waals surface area contributed by atoms with Crippen molar-refractivity contribution in [2.75, 3.05) is 0 Å². The number of fused-ring (bicyclic) bond motifs is 8. The van der Waals surface area contributed by atoms with Gasteiger partial charge in [0.05, 0.1) is 59.8 Å². The van der Waals surface area contributed by atoms with Gasteiger partial charge in [-0.25, -0.2) is 29.9 Å². The van der Waals surface area contributed by atoms with E-state index in [1.54, 1.807) is 28.7 Å². The van der Waals surface area contributed by atoms with Crippen LogP contribution in [0.1, 0.15) is 27.7 Å². The predicted molar refractivity (Wildman–Crippen MR) is 386 cm³/mol. The molecule has 8 nitrogen and oxygen atoms in total. The van der Waals surface area contributed by atoms with Gasteiger partial charge in [-0.3, -0.25) is 0 Å². The van der Waals surface area contributed by atoms with Crippen molar-refractivity contribution in [1.82, 2.24) is 29.9 Å². The number of nitrogens with zero attached hydrogens (tertiary/aromatic N) is 6. The van der Waals surface area contributed by atoms with Gasteiger partial charge in [0.25, 0.3) is 0 Å². The fourth-order valence-electron chi connectivity index (χ4n) is 11.8. The van der Waals surface area contributed by atoms with Gasteiger partial charge in [0.2, 0.25) is 0 Å². The summed E-state index contributed by atoms with van der Waals surface area (Å²) in [6.45, 7) is 8.38.